The molecule has 1 aromatic heterocycles. The molecule has 4 nitrogen and oxygen atoms in total. The Kier molecular flexibility index (Phi) is 6.37. The Morgan fingerprint density at radius 2 is 2.04 bits per heavy atom. The first-order valence-electron chi connectivity index (χ1n) is 8.47. The second-order valence-electron chi connectivity index (χ2n) is 7.04. The van der Waals surface area contributed by atoms with Crippen LogP contribution in [0, 0.1) is 5.41 Å². The van der Waals surface area contributed by atoms with E-state index in [0.29, 0.717) is 10.8 Å². The van der Waals surface area contributed by atoms with Gasteiger partial charge < -0.3 is 5.11 Å². The van der Waals surface area contributed by atoms with Crippen molar-refractivity contribution < 1.29 is 5.11 Å². The zero-order valence-electron chi connectivity index (χ0n) is 15.3. The van der Waals surface area contributed by atoms with Crippen LogP contribution in [0.4, 0.5) is 0 Å². The highest BCUT2D eigenvalue weighted by Crippen LogP contribution is 2.40. The molecule has 0 amide bonds. The van der Waals surface area contributed by atoms with Gasteiger partial charge in [0.2, 0.25) is 0 Å². The fourth-order valence-corrected chi connectivity index (χ4v) is 3.46. The van der Waals surface area contributed by atoms with E-state index in [9.17, 15) is 9.90 Å². The molecule has 0 radical (unpaired) electrons. The molecular weight excluding hydrogens is 332 g/mol. The Morgan fingerprint density at radius 3 is 2.68 bits per heavy atom. The molecule has 0 saturated heterocycles. The Labute approximate surface area is 153 Å². The third kappa shape index (κ3) is 5.71. The number of allylic oxidation sites excluding steroid dienone is 9. The number of nitrogens with zero attached hydrogens (tertiary/aromatic N) is 1. The highest BCUT2D eigenvalue weighted by Gasteiger charge is 2.28. The van der Waals surface area contributed by atoms with Crippen LogP contribution in [-0.4, -0.2) is 15.3 Å². The molecule has 1 aromatic rings. The summed E-state index contributed by atoms with van der Waals surface area (Å²) in [6, 6.07) is 0. The minimum atomic E-state index is -0.146. The smallest absolute Gasteiger partial charge is 0.322 e. The fourth-order valence-electron chi connectivity index (χ4n) is 2.85. The standard InChI is InChI=1S/C20H26N2O2S/c1-14(10-11-16-17(23)9-6-12-20(16,3)4)7-5-8-15(2)13-18-21-22-19(24)25-18/h5,7-8,10-11,13,23H,6,9,12H2,1-4H3,(H,22,24)/b8-5+,11-10+,14-7+,15-13+. The van der Waals surface area contributed by atoms with E-state index in [1.54, 1.807) is 0 Å². The summed E-state index contributed by atoms with van der Waals surface area (Å²) >= 11 is 1.09. The van der Waals surface area contributed by atoms with E-state index < -0.39 is 0 Å². The van der Waals surface area contributed by atoms with Crippen molar-refractivity contribution >= 4 is 17.4 Å². The molecule has 1 aliphatic carbocycles. The first kappa shape index (κ1) is 19.2. The molecule has 0 aromatic carbocycles. The monoisotopic (exact) mass is 358 g/mol. The molecule has 0 spiro atoms. The van der Waals surface area contributed by atoms with Crippen molar-refractivity contribution in [2.75, 3.05) is 0 Å². The van der Waals surface area contributed by atoms with Gasteiger partial charge in [0.25, 0.3) is 0 Å². The van der Waals surface area contributed by atoms with Crippen LogP contribution in [-0.2, 0) is 0 Å². The maximum Gasteiger partial charge on any atom is 0.322 e. The van der Waals surface area contributed by atoms with Crippen molar-refractivity contribution in [2.45, 2.75) is 47.0 Å². The second kappa shape index (κ2) is 8.30. The average molecular weight is 359 g/mol. The Balaban J connectivity index is 2.04. The minimum absolute atomic E-state index is 0.0272. The highest BCUT2D eigenvalue weighted by atomic mass is 32.1. The summed E-state index contributed by atoms with van der Waals surface area (Å²) in [6.07, 6.45) is 14.8. The van der Waals surface area contributed by atoms with Crippen LogP contribution in [0.3, 0.4) is 0 Å². The molecule has 0 saturated carbocycles. The number of aliphatic hydroxyl groups excluding tert-OH is 1. The van der Waals surface area contributed by atoms with Gasteiger partial charge >= 0.3 is 4.87 Å². The summed E-state index contributed by atoms with van der Waals surface area (Å²) in [5, 5.41) is 17.2. The summed E-state index contributed by atoms with van der Waals surface area (Å²) in [5.74, 6) is 0.521. The minimum Gasteiger partial charge on any atom is -0.512 e. The molecule has 25 heavy (non-hydrogen) atoms. The van der Waals surface area contributed by atoms with Crippen LogP contribution in [0.2, 0.25) is 0 Å². The number of aromatic amines is 1. The lowest BCUT2D eigenvalue weighted by Crippen LogP contribution is -2.19. The lowest BCUT2D eigenvalue weighted by molar-refractivity contribution is 0.292. The largest absolute Gasteiger partial charge is 0.512 e. The van der Waals surface area contributed by atoms with Gasteiger partial charge in [0.05, 0.1) is 5.76 Å². The Morgan fingerprint density at radius 1 is 1.28 bits per heavy atom. The fraction of sp³-hybridized carbons (Fsp3) is 0.400. The first-order chi connectivity index (χ1) is 11.8. The van der Waals surface area contributed by atoms with Gasteiger partial charge in [-0.25, -0.2) is 5.10 Å². The topological polar surface area (TPSA) is 66.0 Å². The van der Waals surface area contributed by atoms with Gasteiger partial charge in [0.15, 0.2) is 0 Å². The summed E-state index contributed by atoms with van der Waals surface area (Å²) in [6.45, 7) is 8.36. The van der Waals surface area contributed by atoms with E-state index in [2.05, 4.69) is 24.0 Å². The molecule has 0 atom stereocenters. The van der Waals surface area contributed by atoms with Crippen LogP contribution in [0.5, 0.6) is 0 Å². The van der Waals surface area contributed by atoms with E-state index in [1.165, 1.54) is 0 Å². The normalized spacial score (nSPS) is 19.4. The number of aromatic nitrogens is 2. The second-order valence-corrected chi connectivity index (χ2v) is 8.03. The Bertz CT molecular complexity index is 817. The van der Waals surface area contributed by atoms with E-state index >= 15 is 0 Å². The van der Waals surface area contributed by atoms with Gasteiger partial charge in [0.1, 0.15) is 5.01 Å². The van der Waals surface area contributed by atoms with Crippen LogP contribution in [0.1, 0.15) is 52.0 Å². The van der Waals surface area contributed by atoms with Gasteiger partial charge in [-0.1, -0.05) is 61.1 Å². The van der Waals surface area contributed by atoms with Gasteiger partial charge in [-0.05, 0) is 49.3 Å². The van der Waals surface area contributed by atoms with E-state index in [1.807, 2.05) is 50.3 Å². The van der Waals surface area contributed by atoms with Gasteiger partial charge in [0, 0.05) is 6.42 Å². The quantitative estimate of drug-likeness (QED) is 0.700. The number of hydrogen-bond acceptors (Lipinski definition) is 4. The number of H-pyrrole nitrogens is 1. The summed E-state index contributed by atoms with van der Waals surface area (Å²) < 4.78 is 0. The van der Waals surface area contributed by atoms with Crippen LogP contribution >= 0.6 is 11.3 Å². The van der Waals surface area contributed by atoms with Crippen molar-refractivity contribution in [3.8, 4) is 0 Å². The highest BCUT2D eigenvalue weighted by molar-refractivity contribution is 7.09. The molecule has 1 heterocycles. The molecule has 2 rings (SSSR count). The molecule has 0 unspecified atom stereocenters. The first-order valence-corrected chi connectivity index (χ1v) is 9.29. The van der Waals surface area contributed by atoms with Crippen LogP contribution in [0.15, 0.2) is 57.7 Å². The van der Waals surface area contributed by atoms with Crippen molar-refractivity contribution in [1.82, 2.24) is 10.2 Å². The molecule has 5 heteroatoms. The molecular formula is C20H26N2O2S. The zero-order valence-corrected chi connectivity index (χ0v) is 16.1. The molecule has 0 bridgehead atoms. The average Bonchev–Trinajstić information content (AvgIpc) is 2.91. The lowest BCUT2D eigenvalue weighted by atomic mass is 9.74. The van der Waals surface area contributed by atoms with Gasteiger partial charge in [-0.15, -0.1) is 0 Å². The third-order valence-electron chi connectivity index (χ3n) is 4.29. The Hall–Kier alpha value is -2.14. The molecule has 0 aliphatic heterocycles. The van der Waals surface area contributed by atoms with Crippen molar-refractivity contribution in [3.05, 3.63) is 67.5 Å². The number of nitrogens with one attached hydrogen (secondary N) is 1. The zero-order chi connectivity index (χ0) is 18.4. The van der Waals surface area contributed by atoms with Gasteiger partial charge in [-0.3, -0.25) is 4.79 Å². The molecule has 134 valence electrons. The maximum atomic E-state index is 11.1. The molecule has 2 N–H and O–H groups in total. The predicted molar refractivity (Wildman–Crippen MR) is 106 cm³/mol. The number of aliphatic hydroxyl groups is 1. The predicted octanol–water partition coefficient (Wildman–Crippen LogP) is 5.32. The summed E-state index contributed by atoms with van der Waals surface area (Å²) in [4.78, 5) is 10.9. The van der Waals surface area contributed by atoms with Crippen molar-refractivity contribution in [3.63, 3.8) is 0 Å². The van der Waals surface area contributed by atoms with Gasteiger partial charge in [-0.2, -0.15) is 5.10 Å². The number of rotatable bonds is 5. The molecule has 1 aliphatic rings. The van der Waals surface area contributed by atoms with Crippen molar-refractivity contribution in [1.29, 1.82) is 0 Å². The number of hydrogen-bond donors (Lipinski definition) is 2. The third-order valence-corrected chi connectivity index (χ3v) is 4.99. The maximum absolute atomic E-state index is 11.1. The van der Waals surface area contributed by atoms with E-state index in [-0.39, 0.29) is 10.3 Å². The molecule has 0 fully saturated rings. The summed E-state index contributed by atoms with van der Waals surface area (Å²) in [7, 11) is 0. The van der Waals surface area contributed by atoms with Crippen molar-refractivity contribution in [2.24, 2.45) is 5.41 Å². The van der Waals surface area contributed by atoms with Crippen LogP contribution < -0.4 is 4.87 Å². The van der Waals surface area contributed by atoms with Crippen LogP contribution in [0.25, 0.3) is 6.08 Å². The summed E-state index contributed by atoms with van der Waals surface area (Å²) in [5.41, 5.74) is 3.19. The van der Waals surface area contributed by atoms with E-state index in [4.69, 9.17) is 0 Å². The van der Waals surface area contributed by atoms with E-state index in [0.717, 1.165) is 47.3 Å². The lowest BCUT2D eigenvalue weighted by Gasteiger charge is -2.31. The SMILES string of the molecule is CC(/C=C/C1=C(O)CCCC1(C)C)=C\C=C\C(C)=C\c1n[nH]c(=O)s1.